The Bertz CT molecular complexity index is 1720. The predicted molar refractivity (Wildman–Crippen MR) is 156 cm³/mol. The van der Waals surface area contributed by atoms with Crippen molar-refractivity contribution < 1.29 is 23.5 Å². The maximum Gasteiger partial charge on any atom is 0.333 e. The van der Waals surface area contributed by atoms with Crippen molar-refractivity contribution in [2.45, 2.75) is 65.6 Å². The first-order valence-corrected chi connectivity index (χ1v) is 14.3. The highest BCUT2D eigenvalue weighted by Gasteiger charge is 2.36. The highest BCUT2D eigenvalue weighted by atomic mass is 32.1. The number of aromatic nitrogens is 5. The Balaban J connectivity index is 2.03. The fourth-order valence-corrected chi connectivity index (χ4v) is 6.09. The van der Waals surface area contributed by atoms with E-state index in [-0.39, 0.29) is 43.1 Å². The standard InChI is InChI=1S/C29H34FN5O6S/c1-17(2)14-23(37)29(4,5)34-25(38)24-18(3)26(35-31-10-11-32-35)42-27(24)33(28(34)39)16-22(41-13-7-12-36)20-15-19(30)8-9-21(20)40-6/h8-12,15,17,22H,7,13-14,16H2,1-6H3/t22-/m0/s1. The Labute approximate surface area is 245 Å². The van der Waals surface area contributed by atoms with E-state index in [1.807, 2.05) is 13.8 Å². The number of aldehydes is 1. The third-order valence-electron chi connectivity index (χ3n) is 7.06. The summed E-state index contributed by atoms with van der Waals surface area (Å²) in [5, 5.41) is 9.14. The van der Waals surface area contributed by atoms with E-state index in [9.17, 15) is 23.6 Å². The largest absolute Gasteiger partial charge is 0.496 e. The number of Topliss-reactive ketones (excluding diaryl/α,β-unsaturated/α-hetero) is 1. The van der Waals surface area contributed by atoms with Gasteiger partial charge in [-0.15, -0.1) is 4.80 Å². The average molecular weight is 600 g/mol. The summed E-state index contributed by atoms with van der Waals surface area (Å²) >= 11 is 1.14. The van der Waals surface area contributed by atoms with E-state index in [0.717, 1.165) is 15.9 Å². The van der Waals surface area contributed by atoms with Gasteiger partial charge in [-0.3, -0.25) is 14.2 Å². The summed E-state index contributed by atoms with van der Waals surface area (Å²) in [5.41, 5.74) is -1.96. The first kappa shape index (κ1) is 31.0. The second-order valence-corrected chi connectivity index (χ2v) is 11.8. The van der Waals surface area contributed by atoms with Crippen molar-refractivity contribution >= 4 is 33.6 Å². The molecular weight excluding hydrogens is 565 g/mol. The summed E-state index contributed by atoms with van der Waals surface area (Å²) in [6.45, 7) is 8.44. The number of nitrogens with zero attached hydrogens (tertiary/aromatic N) is 5. The van der Waals surface area contributed by atoms with E-state index in [4.69, 9.17) is 9.47 Å². The van der Waals surface area contributed by atoms with Crippen molar-refractivity contribution in [3.05, 3.63) is 68.4 Å². The zero-order valence-corrected chi connectivity index (χ0v) is 25.2. The van der Waals surface area contributed by atoms with Crippen LogP contribution in [-0.2, 0) is 26.4 Å². The fraction of sp³-hybridized carbons (Fsp3) is 0.448. The van der Waals surface area contributed by atoms with E-state index in [1.54, 1.807) is 20.8 Å². The van der Waals surface area contributed by atoms with Crippen LogP contribution < -0.4 is 16.0 Å². The molecule has 4 rings (SSSR count). The van der Waals surface area contributed by atoms with Crippen LogP contribution in [0.4, 0.5) is 4.39 Å². The lowest BCUT2D eigenvalue weighted by Gasteiger charge is -2.28. The highest BCUT2D eigenvalue weighted by molar-refractivity contribution is 7.21. The van der Waals surface area contributed by atoms with Gasteiger partial charge in [-0.1, -0.05) is 25.2 Å². The molecule has 0 aliphatic carbocycles. The Morgan fingerprint density at radius 3 is 2.50 bits per heavy atom. The lowest BCUT2D eigenvalue weighted by Crippen LogP contribution is -2.53. The minimum atomic E-state index is -1.47. The molecule has 224 valence electrons. The van der Waals surface area contributed by atoms with Crippen LogP contribution in [-0.4, -0.2) is 49.9 Å². The molecule has 0 bridgehead atoms. The molecule has 0 N–H and O–H groups in total. The van der Waals surface area contributed by atoms with E-state index in [2.05, 4.69) is 10.2 Å². The molecule has 0 aliphatic rings. The van der Waals surface area contributed by atoms with E-state index < -0.39 is 28.7 Å². The molecule has 42 heavy (non-hydrogen) atoms. The Kier molecular flexibility index (Phi) is 9.21. The van der Waals surface area contributed by atoms with E-state index in [0.29, 0.717) is 33.0 Å². The molecule has 1 atom stereocenters. The van der Waals surface area contributed by atoms with Gasteiger partial charge in [-0.25, -0.2) is 13.8 Å². The quantitative estimate of drug-likeness (QED) is 0.167. The minimum Gasteiger partial charge on any atom is -0.496 e. The molecule has 0 aliphatic heterocycles. The maximum absolute atomic E-state index is 14.4. The van der Waals surface area contributed by atoms with Crippen LogP contribution in [0.5, 0.6) is 5.75 Å². The van der Waals surface area contributed by atoms with Gasteiger partial charge in [0.2, 0.25) is 0 Å². The fourth-order valence-electron chi connectivity index (χ4n) is 4.87. The summed E-state index contributed by atoms with van der Waals surface area (Å²) in [6, 6.07) is 3.94. The number of thiophene rings is 1. The Morgan fingerprint density at radius 2 is 1.88 bits per heavy atom. The molecule has 3 aromatic heterocycles. The smallest absolute Gasteiger partial charge is 0.333 e. The third kappa shape index (κ3) is 5.84. The van der Waals surface area contributed by atoms with Crippen LogP contribution in [0.3, 0.4) is 0 Å². The molecule has 0 amide bonds. The molecule has 4 aromatic rings. The number of hydrogen-bond donors (Lipinski definition) is 0. The topological polar surface area (TPSA) is 127 Å². The van der Waals surface area contributed by atoms with Crippen molar-refractivity contribution in [3.8, 4) is 10.8 Å². The summed E-state index contributed by atoms with van der Waals surface area (Å²) < 4.78 is 28.3. The monoisotopic (exact) mass is 599 g/mol. The Hall–Kier alpha value is -3.97. The number of ether oxygens (including phenoxy) is 2. The molecule has 0 fully saturated rings. The number of carbonyl (C=O) groups excluding carboxylic acids is 2. The number of benzene rings is 1. The van der Waals surface area contributed by atoms with Gasteiger partial charge < -0.3 is 14.3 Å². The molecule has 0 saturated heterocycles. The lowest BCUT2D eigenvalue weighted by molar-refractivity contribution is -0.127. The zero-order chi connectivity index (χ0) is 30.8. The summed E-state index contributed by atoms with van der Waals surface area (Å²) in [7, 11) is 1.43. The van der Waals surface area contributed by atoms with Crippen LogP contribution in [0.15, 0.2) is 40.2 Å². The number of hydrogen-bond acceptors (Lipinski definition) is 9. The summed E-state index contributed by atoms with van der Waals surface area (Å²) in [4.78, 5) is 54.5. The molecule has 11 nitrogen and oxygen atoms in total. The third-order valence-corrected chi connectivity index (χ3v) is 8.35. The molecule has 0 unspecified atom stereocenters. The minimum absolute atomic E-state index is 0.00431. The van der Waals surface area contributed by atoms with Crippen LogP contribution in [0.25, 0.3) is 15.2 Å². The van der Waals surface area contributed by atoms with Gasteiger partial charge in [0, 0.05) is 24.0 Å². The molecule has 0 spiro atoms. The van der Waals surface area contributed by atoms with Gasteiger partial charge in [0.25, 0.3) is 5.56 Å². The SMILES string of the molecule is COc1ccc(F)cc1[C@H](Cn1c(=O)n(C(C)(C)C(=O)CC(C)C)c(=O)c2c(C)c(-n3nccn3)sc21)OCCC=O. The van der Waals surface area contributed by atoms with Crippen LogP contribution in [0, 0.1) is 18.7 Å². The second kappa shape index (κ2) is 12.5. The van der Waals surface area contributed by atoms with Gasteiger partial charge in [-0.2, -0.15) is 10.2 Å². The van der Waals surface area contributed by atoms with Gasteiger partial charge in [0.1, 0.15) is 39.3 Å². The van der Waals surface area contributed by atoms with Crippen molar-refractivity contribution in [1.29, 1.82) is 0 Å². The van der Waals surface area contributed by atoms with Crippen molar-refractivity contribution in [1.82, 2.24) is 24.1 Å². The van der Waals surface area contributed by atoms with Crippen LogP contribution >= 0.6 is 11.3 Å². The maximum atomic E-state index is 14.4. The predicted octanol–water partition coefficient (Wildman–Crippen LogP) is 3.96. The number of fused-ring (bicyclic) bond motifs is 1. The van der Waals surface area contributed by atoms with Crippen LogP contribution in [0.1, 0.15) is 57.8 Å². The molecule has 3 heterocycles. The van der Waals surface area contributed by atoms with Gasteiger partial charge in [-0.05, 0) is 44.9 Å². The molecule has 1 aromatic carbocycles. The lowest BCUT2D eigenvalue weighted by atomic mass is 9.91. The van der Waals surface area contributed by atoms with Crippen molar-refractivity contribution in [2.24, 2.45) is 5.92 Å². The normalized spacial score (nSPS) is 12.7. The second-order valence-electron chi connectivity index (χ2n) is 10.8. The molecule has 0 radical (unpaired) electrons. The molecule has 13 heteroatoms. The van der Waals surface area contributed by atoms with Crippen molar-refractivity contribution in [2.75, 3.05) is 13.7 Å². The first-order chi connectivity index (χ1) is 19.9. The van der Waals surface area contributed by atoms with Crippen molar-refractivity contribution in [3.63, 3.8) is 0 Å². The number of methoxy groups -OCH3 is 1. The molecule has 0 saturated carbocycles. The number of halogens is 1. The summed E-state index contributed by atoms with van der Waals surface area (Å²) in [6.07, 6.45) is 2.97. The Morgan fingerprint density at radius 1 is 1.19 bits per heavy atom. The summed E-state index contributed by atoms with van der Waals surface area (Å²) in [5.74, 6) is -0.483. The first-order valence-electron chi connectivity index (χ1n) is 13.5. The van der Waals surface area contributed by atoms with Gasteiger partial charge in [0.05, 0.1) is 38.0 Å². The average Bonchev–Trinajstić information content (AvgIpc) is 3.58. The van der Waals surface area contributed by atoms with E-state index >= 15 is 0 Å². The number of aryl methyl sites for hydroxylation is 1. The number of rotatable bonds is 13. The number of ketones is 1. The highest BCUT2D eigenvalue weighted by Crippen LogP contribution is 2.34. The van der Waals surface area contributed by atoms with E-state index in [1.165, 1.54) is 47.1 Å². The zero-order valence-electron chi connectivity index (χ0n) is 24.4. The van der Waals surface area contributed by atoms with Gasteiger partial charge in [0.15, 0.2) is 5.78 Å². The van der Waals surface area contributed by atoms with Crippen LogP contribution in [0.2, 0.25) is 0 Å². The van der Waals surface area contributed by atoms with Gasteiger partial charge >= 0.3 is 5.69 Å². The molecular formula is C29H34FN5O6S. The number of carbonyl (C=O) groups is 2.